The SMILES string of the molecule is CCCCC(CC)CC(OP(=O)(SC(CC(CC)CCCC)C(C)C)SC(CC(CC)CCCC)C(C)C)C(C)C. The number of hydrogen-bond acceptors (Lipinski definition) is 4. The van der Waals surface area contributed by atoms with Crippen molar-refractivity contribution in [1.82, 2.24) is 0 Å². The summed E-state index contributed by atoms with van der Waals surface area (Å²) in [4.78, 5) is 0. The van der Waals surface area contributed by atoms with E-state index in [0.717, 1.165) is 19.3 Å². The van der Waals surface area contributed by atoms with Gasteiger partial charge in [0.1, 0.15) is 0 Å². The van der Waals surface area contributed by atoms with Crippen LogP contribution in [0, 0.1) is 35.5 Å². The van der Waals surface area contributed by atoms with Crippen molar-refractivity contribution in [2.75, 3.05) is 0 Å². The van der Waals surface area contributed by atoms with Crippen LogP contribution in [-0.2, 0) is 9.09 Å². The summed E-state index contributed by atoms with van der Waals surface area (Å²) < 4.78 is 22.4. The summed E-state index contributed by atoms with van der Waals surface area (Å²) in [5, 5.41) is 0.750. The van der Waals surface area contributed by atoms with Crippen LogP contribution in [0.15, 0.2) is 0 Å². The Balaban J connectivity index is 6.29. The van der Waals surface area contributed by atoms with Crippen molar-refractivity contribution in [2.45, 2.75) is 196 Å². The molecule has 0 amide bonds. The molecular formula is C36H75O2PS2. The molecule has 0 aromatic heterocycles. The average molecular weight is 635 g/mol. The fourth-order valence-corrected chi connectivity index (χ4v) is 16.0. The first-order chi connectivity index (χ1) is 19.4. The summed E-state index contributed by atoms with van der Waals surface area (Å²) in [7, 11) is 0. The van der Waals surface area contributed by atoms with Crippen molar-refractivity contribution in [3.05, 3.63) is 0 Å². The van der Waals surface area contributed by atoms with Crippen LogP contribution in [0.5, 0.6) is 0 Å². The van der Waals surface area contributed by atoms with Gasteiger partial charge in [-0.25, -0.2) is 0 Å². The Hall–Kier alpha value is 0.890. The van der Waals surface area contributed by atoms with Gasteiger partial charge in [0.25, 0.3) is 0 Å². The fraction of sp³-hybridized carbons (Fsp3) is 1.00. The summed E-state index contributed by atoms with van der Waals surface area (Å²) in [6, 6.07) is 0. The Morgan fingerprint density at radius 2 is 0.878 bits per heavy atom. The maximum absolute atomic E-state index is 15.3. The molecule has 5 heteroatoms. The minimum absolute atomic E-state index is 0.0624. The maximum Gasteiger partial charge on any atom is 0.314 e. The molecule has 0 aromatic rings. The minimum atomic E-state index is -2.99. The largest absolute Gasteiger partial charge is 0.314 e. The van der Waals surface area contributed by atoms with Crippen LogP contribution < -0.4 is 0 Å². The quantitative estimate of drug-likeness (QED) is 0.0840. The highest BCUT2D eigenvalue weighted by Gasteiger charge is 2.39. The third-order valence-corrected chi connectivity index (χ3v) is 17.7. The zero-order valence-electron chi connectivity index (χ0n) is 29.9. The lowest BCUT2D eigenvalue weighted by atomic mass is 9.89. The van der Waals surface area contributed by atoms with Crippen LogP contribution in [0.2, 0.25) is 0 Å². The Kier molecular flexibility index (Phi) is 24.7. The molecule has 0 aliphatic carbocycles. The monoisotopic (exact) mass is 634 g/mol. The molecule has 0 saturated heterocycles. The van der Waals surface area contributed by atoms with Crippen LogP contribution in [0.25, 0.3) is 0 Å². The van der Waals surface area contributed by atoms with E-state index in [4.69, 9.17) is 4.52 Å². The van der Waals surface area contributed by atoms with Gasteiger partial charge in [-0.1, -0.05) is 183 Å². The Labute approximate surface area is 268 Å². The van der Waals surface area contributed by atoms with Gasteiger partial charge in [0.05, 0.1) is 6.10 Å². The van der Waals surface area contributed by atoms with Crippen molar-refractivity contribution in [2.24, 2.45) is 35.5 Å². The molecule has 0 spiro atoms. The standard InChI is InChI=1S/C36H75O2PS2/c1-13-19-22-31(16-4)25-34(28(7)8)38-39(37,40-35(29(9)10)26-32(17-5)23-20-14-2)41-36(30(11)12)27-33(18-6)24-21-15-3/h28-36H,13-27H2,1-12H3. The zero-order chi connectivity index (χ0) is 31.4. The summed E-state index contributed by atoms with van der Waals surface area (Å²) in [6.45, 7) is 27.8. The smallest absolute Gasteiger partial charge is 0.310 e. The van der Waals surface area contributed by atoms with Crippen molar-refractivity contribution in [3.63, 3.8) is 0 Å². The second kappa shape index (κ2) is 24.2. The van der Waals surface area contributed by atoms with E-state index < -0.39 is 5.77 Å². The molecule has 0 rings (SSSR count). The predicted octanol–water partition coefficient (Wildman–Crippen LogP) is 14.5. The second-order valence-corrected chi connectivity index (χ2v) is 21.6. The third-order valence-electron chi connectivity index (χ3n) is 9.35. The minimum Gasteiger partial charge on any atom is -0.310 e. The molecule has 0 heterocycles. The molecule has 0 bridgehead atoms. The van der Waals surface area contributed by atoms with Gasteiger partial charge in [-0.15, -0.1) is 0 Å². The van der Waals surface area contributed by atoms with Crippen molar-refractivity contribution < 1.29 is 9.09 Å². The van der Waals surface area contributed by atoms with Crippen LogP contribution >= 0.6 is 28.5 Å². The lowest BCUT2D eigenvalue weighted by molar-refractivity contribution is 0.129. The van der Waals surface area contributed by atoms with Gasteiger partial charge < -0.3 is 4.52 Å². The maximum atomic E-state index is 15.3. The number of unbranched alkanes of at least 4 members (excludes halogenated alkanes) is 3. The van der Waals surface area contributed by atoms with Crippen LogP contribution in [0.3, 0.4) is 0 Å². The second-order valence-electron chi connectivity index (χ2n) is 14.1. The first kappa shape index (κ1) is 41.9. The fourth-order valence-electron chi connectivity index (χ4n) is 5.81. The Morgan fingerprint density at radius 1 is 0.537 bits per heavy atom. The van der Waals surface area contributed by atoms with Crippen molar-refractivity contribution >= 4 is 28.5 Å². The van der Waals surface area contributed by atoms with Crippen molar-refractivity contribution in [1.29, 1.82) is 0 Å². The molecule has 248 valence electrons. The summed E-state index contributed by atoms with van der Waals surface area (Å²) in [5.41, 5.74) is 0. The number of rotatable bonds is 27. The van der Waals surface area contributed by atoms with E-state index in [2.05, 4.69) is 83.1 Å². The Morgan fingerprint density at radius 3 is 1.15 bits per heavy atom. The molecule has 0 aliphatic heterocycles. The molecule has 41 heavy (non-hydrogen) atoms. The van der Waals surface area contributed by atoms with E-state index in [1.807, 2.05) is 0 Å². The molecule has 0 aliphatic rings. The molecule has 0 aromatic carbocycles. The topological polar surface area (TPSA) is 26.3 Å². The van der Waals surface area contributed by atoms with Gasteiger partial charge in [0.2, 0.25) is 0 Å². The lowest BCUT2D eigenvalue weighted by Gasteiger charge is -2.35. The highest BCUT2D eigenvalue weighted by Crippen LogP contribution is 2.75. The van der Waals surface area contributed by atoms with E-state index in [-0.39, 0.29) is 6.10 Å². The predicted molar refractivity (Wildman–Crippen MR) is 194 cm³/mol. The highest BCUT2D eigenvalue weighted by atomic mass is 33.1. The van der Waals surface area contributed by atoms with E-state index in [1.165, 1.54) is 77.0 Å². The van der Waals surface area contributed by atoms with Gasteiger partial charge >= 0.3 is 5.77 Å². The summed E-state index contributed by atoms with van der Waals surface area (Å²) >= 11 is 3.54. The van der Waals surface area contributed by atoms with E-state index in [9.17, 15) is 0 Å². The average Bonchev–Trinajstić information content (AvgIpc) is 2.93. The third kappa shape index (κ3) is 18.5. The van der Waals surface area contributed by atoms with Crippen LogP contribution in [0.1, 0.15) is 179 Å². The van der Waals surface area contributed by atoms with E-state index in [1.54, 1.807) is 22.8 Å². The van der Waals surface area contributed by atoms with Crippen molar-refractivity contribution in [3.8, 4) is 0 Å². The lowest BCUT2D eigenvalue weighted by Crippen LogP contribution is -2.24. The molecule has 6 atom stereocenters. The zero-order valence-corrected chi connectivity index (χ0v) is 32.4. The molecule has 2 nitrogen and oxygen atoms in total. The van der Waals surface area contributed by atoms with Crippen LogP contribution in [-0.4, -0.2) is 16.6 Å². The first-order valence-corrected chi connectivity index (χ1v) is 22.6. The molecule has 0 radical (unpaired) electrons. The van der Waals surface area contributed by atoms with Gasteiger partial charge in [0, 0.05) is 10.5 Å². The Bertz CT molecular complexity index is 568. The van der Waals surface area contributed by atoms with E-state index >= 15 is 4.57 Å². The van der Waals surface area contributed by atoms with Crippen LogP contribution in [0.4, 0.5) is 0 Å². The highest BCUT2D eigenvalue weighted by molar-refractivity contribution is 8.89. The van der Waals surface area contributed by atoms with Gasteiger partial charge in [-0.2, -0.15) is 0 Å². The molecule has 0 fully saturated rings. The first-order valence-electron chi connectivity index (χ1n) is 18.0. The molecule has 6 unspecified atom stereocenters. The summed E-state index contributed by atoms with van der Waals surface area (Å²) in [5.74, 6) is 0.444. The normalized spacial score (nSPS) is 18.4. The molecular weight excluding hydrogens is 560 g/mol. The number of hydrogen-bond donors (Lipinski definition) is 0. The van der Waals surface area contributed by atoms with Gasteiger partial charge in [0.15, 0.2) is 0 Å². The summed E-state index contributed by atoms with van der Waals surface area (Å²) in [6.07, 6.45) is 18.5. The van der Waals surface area contributed by atoms with Gasteiger partial charge in [-0.3, -0.25) is 4.57 Å². The molecule has 0 saturated carbocycles. The van der Waals surface area contributed by atoms with Gasteiger partial charge in [-0.05, 0) is 54.8 Å². The molecule has 0 N–H and O–H groups in total. The van der Waals surface area contributed by atoms with E-state index in [0.29, 0.717) is 46.0 Å².